The number of hydrogen-bond acceptors (Lipinski definition) is 3. The van der Waals surface area contributed by atoms with Crippen molar-refractivity contribution in [2.75, 3.05) is 6.61 Å². The van der Waals surface area contributed by atoms with Gasteiger partial charge in [0.1, 0.15) is 0 Å². The molecule has 1 rings (SSSR count). The Balaban J connectivity index is 2.16. The highest BCUT2D eigenvalue weighted by Crippen LogP contribution is 2.11. The second-order valence-corrected chi connectivity index (χ2v) is 5.63. The van der Waals surface area contributed by atoms with Gasteiger partial charge in [0.15, 0.2) is 0 Å². The summed E-state index contributed by atoms with van der Waals surface area (Å²) in [4.78, 5) is 0. The molecule has 0 spiro atoms. The second-order valence-electron chi connectivity index (χ2n) is 4.85. The Morgan fingerprint density at radius 1 is 1.47 bits per heavy atom. The number of aryl methyl sites for hydroxylation is 1. The first kappa shape index (κ1) is 12.7. The molecule has 15 heavy (non-hydrogen) atoms. The third-order valence-corrected chi connectivity index (χ3v) is 2.85. The van der Waals surface area contributed by atoms with Crippen LogP contribution in [0.5, 0.6) is 0 Å². The number of hydrogen-bond donors (Lipinski definition) is 1. The van der Waals surface area contributed by atoms with Crippen LogP contribution in [0, 0.1) is 0 Å². The topological polar surface area (TPSA) is 35.2 Å². The van der Waals surface area contributed by atoms with E-state index < -0.39 is 0 Å². The van der Waals surface area contributed by atoms with Gasteiger partial charge in [-0.25, -0.2) is 0 Å². The number of rotatable bonds is 5. The van der Waals surface area contributed by atoms with E-state index in [2.05, 4.69) is 37.6 Å². The molecule has 1 atom stereocenters. The van der Waals surface area contributed by atoms with Gasteiger partial charge >= 0.3 is 0 Å². The predicted molar refractivity (Wildman–Crippen MR) is 66.3 cm³/mol. The Morgan fingerprint density at radius 3 is 2.73 bits per heavy atom. The van der Waals surface area contributed by atoms with Gasteiger partial charge < -0.3 is 10.5 Å². The van der Waals surface area contributed by atoms with Crippen LogP contribution in [0.2, 0.25) is 0 Å². The van der Waals surface area contributed by atoms with Crippen LogP contribution in [0.15, 0.2) is 16.8 Å². The van der Waals surface area contributed by atoms with Crippen LogP contribution in [0.25, 0.3) is 0 Å². The molecule has 0 bridgehead atoms. The zero-order valence-corrected chi connectivity index (χ0v) is 10.6. The smallest absolute Gasteiger partial charge is 0.0624 e. The summed E-state index contributed by atoms with van der Waals surface area (Å²) in [5, 5.41) is 4.28. The summed E-state index contributed by atoms with van der Waals surface area (Å²) in [6.45, 7) is 6.81. The summed E-state index contributed by atoms with van der Waals surface area (Å²) in [5.74, 6) is 0. The van der Waals surface area contributed by atoms with Gasteiger partial charge in [0.2, 0.25) is 0 Å². The van der Waals surface area contributed by atoms with E-state index in [0.29, 0.717) is 6.61 Å². The van der Waals surface area contributed by atoms with Crippen LogP contribution in [0.3, 0.4) is 0 Å². The minimum absolute atomic E-state index is 0.0833. The third-order valence-electron chi connectivity index (χ3n) is 2.11. The lowest BCUT2D eigenvalue weighted by Crippen LogP contribution is -2.32. The SMILES string of the molecule is CC(C)(C)OCC(N)CCc1ccsc1. The van der Waals surface area contributed by atoms with Gasteiger partial charge in [-0.3, -0.25) is 0 Å². The van der Waals surface area contributed by atoms with Gasteiger partial charge in [0.25, 0.3) is 0 Å². The van der Waals surface area contributed by atoms with Crippen molar-refractivity contribution in [3.05, 3.63) is 22.4 Å². The van der Waals surface area contributed by atoms with Crippen LogP contribution < -0.4 is 5.73 Å². The molecule has 0 aliphatic rings. The fourth-order valence-corrected chi connectivity index (χ4v) is 1.93. The van der Waals surface area contributed by atoms with Crippen LogP contribution in [0.4, 0.5) is 0 Å². The predicted octanol–water partition coefficient (Wildman–Crippen LogP) is 2.82. The molecule has 0 aliphatic carbocycles. The molecule has 86 valence electrons. The summed E-state index contributed by atoms with van der Waals surface area (Å²) in [7, 11) is 0. The van der Waals surface area contributed by atoms with Crippen LogP contribution in [-0.2, 0) is 11.2 Å². The van der Waals surface area contributed by atoms with Crippen molar-refractivity contribution in [1.29, 1.82) is 0 Å². The van der Waals surface area contributed by atoms with E-state index in [9.17, 15) is 0 Å². The zero-order valence-electron chi connectivity index (χ0n) is 9.82. The summed E-state index contributed by atoms with van der Waals surface area (Å²) in [6, 6.07) is 2.30. The number of ether oxygens (including phenoxy) is 1. The van der Waals surface area contributed by atoms with Crippen molar-refractivity contribution in [1.82, 2.24) is 0 Å². The molecule has 1 unspecified atom stereocenters. The summed E-state index contributed by atoms with van der Waals surface area (Å²) >= 11 is 1.74. The lowest BCUT2D eigenvalue weighted by Gasteiger charge is -2.22. The fraction of sp³-hybridized carbons (Fsp3) is 0.667. The van der Waals surface area contributed by atoms with Crippen LogP contribution in [0.1, 0.15) is 32.8 Å². The highest BCUT2D eigenvalue weighted by atomic mass is 32.1. The molecule has 0 saturated heterocycles. The Morgan fingerprint density at radius 2 is 2.20 bits per heavy atom. The molecular weight excluding hydrogens is 206 g/mol. The Kier molecular flexibility index (Phi) is 4.77. The van der Waals surface area contributed by atoms with Crippen molar-refractivity contribution in [3.63, 3.8) is 0 Å². The van der Waals surface area contributed by atoms with Gasteiger partial charge in [-0.05, 0) is 56.0 Å². The molecule has 3 heteroatoms. The van der Waals surface area contributed by atoms with Crippen LogP contribution >= 0.6 is 11.3 Å². The maximum absolute atomic E-state index is 5.98. The molecule has 1 aromatic rings. The largest absolute Gasteiger partial charge is 0.374 e. The molecule has 0 amide bonds. The normalized spacial score (nSPS) is 14.1. The van der Waals surface area contributed by atoms with Gasteiger partial charge in [-0.1, -0.05) is 0 Å². The Bertz CT molecular complexity index is 264. The molecule has 0 aliphatic heterocycles. The average molecular weight is 227 g/mol. The van der Waals surface area contributed by atoms with Crippen LogP contribution in [-0.4, -0.2) is 18.2 Å². The van der Waals surface area contributed by atoms with Crippen molar-refractivity contribution in [3.8, 4) is 0 Å². The Hall–Kier alpha value is -0.380. The lowest BCUT2D eigenvalue weighted by molar-refractivity contribution is -0.0107. The molecule has 0 fully saturated rings. The van der Waals surface area contributed by atoms with E-state index in [1.54, 1.807) is 11.3 Å². The highest BCUT2D eigenvalue weighted by molar-refractivity contribution is 7.07. The van der Waals surface area contributed by atoms with E-state index in [-0.39, 0.29) is 11.6 Å². The first-order chi connectivity index (χ1) is 6.97. The number of nitrogens with two attached hydrogens (primary N) is 1. The first-order valence-electron chi connectivity index (χ1n) is 5.38. The molecule has 1 heterocycles. The van der Waals surface area contributed by atoms with E-state index >= 15 is 0 Å². The first-order valence-corrected chi connectivity index (χ1v) is 6.32. The van der Waals surface area contributed by atoms with E-state index in [1.807, 2.05) is 0 Å². The van der Waals surface area contributed by atoms with E-state index in [1.165, 1.54) is 5.56 Å². The minimum atomic E-state index is -0.0833. The lowest BCUT2D eigenvalue weighted by atomic mass is 10.1. The summed E-state index contributed by atoms with van der Waals surface area (Å²) < 4.78 is 5.64. The van der Waals surface area contributed by atoms with Crippen molar-refractivity contribution < 1.29 is 4.74 Å². The van der Waals surface area contributed by atoms with E-state index in [0.717, 1.165) is 12.8 Å². The molecule has 2 nitrogen and oxygen atoms in total. The highest BCUT2D eigenvalue weighted by Gasteiger charge is 2.12. The quantitative estimate of drug-likeness (QED) is 0.839. The van der Waals surface area contributed by atoms with Gasteiger partial charge in [0, 0.05) is 6.04 Å². The maximum Gasteiger partial charge on any atom is 0.0624 e. The third kappa shape index (κ3) is 5.92. The average Bonchev–Trinajstić information content (AvgIpc) is 2.62. The minimum Gasteiger partial charge on any atom is -0.374 e. The zero-order chi connectivity index (χ0) is 11.3. The molecule has 0 aromatic carbocycles. The van der Waals surface area contributed by atoms with Gasteiger partial charge in [-0.2, -0.15) is 11.3 Å². The molecule has 2 N–H and O–H groups in total. The molecular formula is C12H21NOS. The Labute approximate surface area is 96.4 Å². The van der Waals surface area contributed by atoms with Crippen molar-refractivity contribution >= 4 is 11.3 Å². The second kappa shape index (κ2) is 5.64. The van der Waals surface area contributed by atoms with Gasteiger partial charge in [0.05, 0.1) is 12.2 Å². The maximum atomic E-state index is 5.98. The monoisotopic (exact) mass is 227 g/mol. The summed E-state index contributed by atoms with van der Waals surface area (Å²) in [5.41, 5.74) is 7.27. The summed E-state index contributed by atoms with van der Waals surface area (Å²) in [6.07, 6.45) is 2.05. The van der Waals surface area contributed by atoms with Gasteiger partial charge in [-0.15, -0.1) is 0 Å². The van der Waals surface area contributed by atoms with E-state index in [4.69, 9.17) is 10.5 Å². The fourth-order valence-electron chi connectivity index (χ4n) is 1.23. The molecule has 0 radical (unpaired) electrons. The van der Waals surface area contributed by atoms with Crippen molar-refractivity contribution in [2.45, 2.75) is 45.3 Å². The molecule has 1 aromatic heterocycles. The molecule has 0 saturated carbocycles. The van der Waals surface area contributed by atoms with Crippen molar-refractivity contribution in [2.24, 2.45) is 5.73 Å². The standard InChI is InChI=1S/C12H21NOS/c1-12(2,3)14-8-11(13)5-4-10-6-7-15-9-10/h6-7,9,11H,4-5,8,13H2,1-3H3. The number of thiophene rings is 1.